The molecule has 15 heavy (non-hydrogen) atoms. The third-order valence-corrected chi connectivity index (χ3v) is 3.16. The molecule has 0 aliphatic rings. The lowest BCUT2D eigenvalue weighted by Crippen LogP contribution is -2.27. The summed E-state index contributed by atoms with van der Waals surface area (Å²) in [7, 11) is 1.66. The highest BCUT2D eigenvalue weighted by atomic mass is 32.2. The van der Waals surface area contributed by atoms with Gasteiger partial charge in [0.2, 0.25) is 5.91 Å². The van der Waals surface area contributed by atoms with E-state index in [-0.39, 0.29) is 5.91 Å². The van der Waals surface area contributed by atoms with Crippen LogP contribution < -0.4 is 11.1 Å². The van der Waals surface area contributed by atoms with Gasteiger partial charge >= 0.3 is 0 Å². The largest absolute Gasteiger partial charge is 0.385 e. The molecule has 0 spiro atoms. The van der Waals surface area contributed by atoms with Gasteiger partial charge in [0.15, 0.2) is 0 Å². The summed E-state index contributed by atoms with van der Waals surface area (Å²) in [5.41, 5.74) is 5.47. The number of nitrogens with one attached hydrogen (secondary N) is 1. The molecule has 4 nitrogen and oxygen atoms in total. The molecule has 5 heteroatoms. The summed E-state index contributed by atoms with van der Waals surface area (Å²) < 4.78 is 4.88. The van der Waals surface area contributed by atoms with Gasteiger partial charge in [-0.3, -0.25) is 4.79 Å². The summed E-state index contributed by atoms with van der Waals surface area (Å²) in [5.74, 6) is 2.05. The lowest BCUT2D eigenvalue weighted by molar-refractivity contribution is -0.118. The van der Waals surface area contributed by atoms with Crippen LogP contribution in [0.4, 0.5) is 0 Å². The Kier molecular flexibility index (Phi) is 10.1. The van der Waals surface area contributed by atoms with Gasteiger partial charge in [-0.1, -0.05) is 6.92 Å². The minimum Gasteiger partial charge on any atom is -0.385 e. The van der Waals surface area contributed by atoms with Crippen molar-refractivity contribution in [2.24, 2.45) is 11.7 Å². The first-order valence-corrected chi connectivity index (χ1v) is 6.39. The Morgan fingerprint density at radius 1 is 1.60 bits per heavy atom. The van der Waals surface area contributed by atoms with Crippen molar-refractivity contribution in [2.45, 2.75) is 13.3 Å². The molecular weight excluding hydrogens is 212 g/mol. The predicted molar refractivity (Wildman–Crippen MR) is 65.0 cm³/mol. The van der Waals surface area contributed by atoms with Crippen molar-refractivity contribution >= 4 is 17.7 Å². The highest BCUT2D eigenvalue weighted by Gasteiger charge is 2.03. The zero-order valence-corrected chi connectivity index (χ0v) is 10.4. The van der Waals surface area contributed by atoms with E-state index in [0.29, 0.717) is 31.4 Å². The monoisotopic (exact) mass is 234 g/mol. The van der Waals surface area contributed by atoms with Crippen molar-refractivity contribution in [3.05, 3.63) is 0 Å². The van der Waals surface area contributed by atoms with Crippen LogP contribution in [0.25, 0.3) is 0 Å². The third kappa shape index (κ3) is 10.0. The number of hydrogen-bond acceptors (Lipinski definition) is 4. The first-order chi connectivity index (χ1) is 7.20. The molecule has 3 N–H and O–H groups in total. The maximum absolute atomic E-state index is 11.3. The van der Waals surface area contributed by atoms with Crippen LogP contribution in [0.5, 0.6) is 0 Å². The Morgan fingerprint density at radius 3 is 2.93 bits per heavy atom. The summed E-state index contributed by atoms with van der Waals surface area (Å²) in [5, 5.41) is 2.84. The molecule has 0 rings (SSSR count). The van der Waals surface area contributed by atoms with Crippen molar-refractivity contribution in [3.63, 3.8) is 0 Å². The fourth-order valence-corrected chi connectivity index (χ4v) is 1.86. The van der Waals surface area contributed by atoms with Gasteiger partial charge in [-0.15, -0.1) is 0 Å². The van der Waals surface area contributed by atoms with Gasteiger partial charge in [0.1, 0.15) is 0 Å². The minimum atomic E-state index is 0.0975. The molecule has 0 aromatic heterocycles. The quantitative estimate of drug-likeness (QED) is 0.569. The SMILES string of the molecule is COCCCNC(=O)CSCC(C)CN. The summed E-state index contributed by atoms with van der Waals surface area (Å²) in [6, 6.07) is 0. The molecule has 0 aliphatic heterocycles. The molecule has 1 amide bonds. The topological polar surface area (TPSA) is 64.3 Å². The fourth-order valence-electron chi connectivity index (χ4n) is 0.916. The lowest BCUT2D eigenvalue weighted by atomic mass is 10.2. The number of amides is 1. The third-order valence-electron chi connectivity index (χ3n) is 1.89. The predicted octanol–water partition coefficient (Wildman–Crippen LogP) is 0.467. The van der Waals surface area contributed by atoms with Crippen LogP contribution in [0.1, 0.15) is 13.3 Å². The second kappa shape index (κ2) is 10.3. The standard InChI is InChI=1S/C10H22N2O2S/c1-9(6-11)7-15-8-10(13)12-4-3-5-14-2/h9H,3-8,11H2,1-2H3,(H,12,13). The van der Waals surface area contributed by atoms with Crippen LogP contribution in [0.2, 0.25) is 0 Å². The van der Waals surface area contributed by atoms with E-state index in [1.54, 1.807) is 18.9 Å². The molecule has 90 valence electrons. The van der Waals surface area contributed by atoms with Crippen LogP contribution in [0.3, 0.4) is 0 Å². The maximum atomic E-state index is 11.3. The van der Waals surface area contributed by atoms with E-state index < -0.39 is 0 Å². The van der Waals surface area contributed by atoms with Crippen molar-refractivity contribution < 1.29 is 9.53 Å². The summed E-state index contributed by atoms with van der Waals surface area (Å²) >= 11 is 1.63. The molecule has 1 unspecified atom stereocenters. The zero-order valence-electron chi connectivity index (χ0n) is 9.62. The van der Waals surface area contributed by atoms with Crippen LogP contribution in [-0.2, 0) is 9.53 Å². The molecule has 1 atom stereocenters. The van der Waals surface area contributed by atoms with Gasteiger partial charge < -0.3 is 15.8 Å². The van der Waals surface area contributed by atoms with E-state index >= 15 is 0 Å². The molecule has 0 radical (unpaired) electrons. The van der Waals surface area contributed by atoms with Crippen LogP contribution in [0.15, 0.2) is 0 Å². The van der Waals surface area contributed by atoms with E-state index in [1.807, 2.05) is 0 Å². The zero-order chi connectivity index (χ0) is 11.5. The Labute approximate surface area is 96.3 Å². The smallest absolute Gasteiger partial charge is 0.229 e. The second-order valence-corrected chi connectivity index (χ2v) is 4.58. The Hall–Kier alpha value is -0.260. The summed E-state index contributed by atoms with van der Waals surface area (Å²) in [6.45, 7) is 4.16. The van der Waals surface area contributed by atoms with Crippen molar-refractivity contribution in [1.29, 1.82) is 0 Å². The first kappa shape index (κ1) is 14.7. The molecular formula is C10H22N2O2S. The highest BCUT2D eigenvalue weighted by molar-refractivity contribution is 7.99. The highest BCUT2D eigenvalue weighted by Crippen LogP contribution is 2.06. The molecule has 0 aromatic carbocycles. The second-order valence-electron chi connectivity index (χ2n) is 3.55. The van der Waals surface area contributed by atoms with Crippen molar-refractivity contribution in [2.75, 3.05) is 38.3 Å². The number of methoxy groups -OCH3 is 1. The number of carbonyl (C=O) groups excluding carboxylic acids is 1. The van der Waals surface area contributed by atoms with Crippen LogP contribution in [-0.4, -0.2) is 44.2 Å². The van der Waals surface area contributed by atoms with E-state index in [1.165, 1.54) is 0 Å². The maximum Gasteiger partial charge on any atom is 0.229 e. The number of rotatable bonds is 9. The number of hydrogen-bond donors (Lipinski definition) is 2. The number of thioether (sulfide) groups is 1. The number of nitrogens with two attached hydrogens (primary N) is 1. The van der Waals surface area contributed by atoms with Gasteiger partial charge in [-0.2, -0.15) is 11.8 Å². The summed E-state index contributed by atoms with van der Waals surface area (Å²) in [6.07, 6.45) is 0.867. The minimum absolute atomic E-state index is 0.0975. The molecule has 0 heterocycles. The molecule has 0 saturated carbocycles. The normalized spacial score (nSPS) is 12.5. The molecule has 0 fully saturated rings. The van der Waals surface area contributed by atoms with Crippen molar-refractivity contribution in [1.82, 2.24) is 5.32 Å². The summed E-state index contributed by atoms with van der Waals surface area (Å²) in [4.78, 5) is 11.3. The van der Waals surface area contributed by atoms with Gasteiger partial charge in [0.05, 0.1) is 5.75 Å². The van der Waals surface area contributed by atoms with Gasteiger partial charge in [0, 0.05) is 20.3 Å². The Bertz CT molecular complexity index is 168. The van der Waals surface area contributed by atoms with E-state index in [0.717, 1.165) is 12.2 Å². The van der Waals surface area contributed by atoms with Gasteiger partial charge in [-0.05, 0) is 24.6 Å². The molecule has 0 bridgehead atoms. The molecule has 0 aliphatic carbocycles. The fraction of sp³-hybridized carbons (Fsp3) is 0.900. The van der Waals surface area contributed by atoms with Crippen molar-refractivity contribution in [3.8, 4) is 0 Å². The van der Waals surface area contributed by atoms with Gasteiger partial charge in [-0.25, -0.2) is 0 Å². The first-order valence-electron chi connectivity index (χ1n) is 5.24. The Morgan fingerprint density at radius 2 is 2.33 bits per heavy atom. The molecule has 0 saturated heterocycles. The van der Waals surface area contributed by atoms with E-state index in [2.05, 4.69) is 12.2 Å². The lowest BCUT2D eigenvalue weighted by Gasteiger charge is -2.08. The van der Waals surface area contributed by atoms with E-state index in [9.17, 15) is 4.79 Å². The Balaban J connectivity index is 3.26. The van der Waals surface area contributed by atoms with E-state index in [4.69, 9.17) is 10.5 Å². The number of ether oxygens (including phenoxy) is 1. The number of carbonyl (C=O) groups is 1. The van der Waals surface area contributed by atoms with Crippen LogP contribution in [0, 0.1) is 5.92 Å². The molecule has 0 aromatic rings. The van der Waals surface area contributed by atoms with Gasteiger partial charge in [0.25, 0.3) is 0 Å². The van der Waals surface area contributed by atoms with Crippen LogP contribution >= 0.6 is 11.8 Å². The average molecular weight is 234 g/mol. The average Bonchev–Trinajstić information content (AvgIpc) is 2.24.